The third-order valence-corrected chi connectivity index (χ3v) is 12.7. The van der Waals surface area contributed by atoms with Crippen LogP contribution < -0.4 is 4.90 Å². The van der Waals surface area contributed by atoms with Crippen LogP contribution in [0.3, 0.4) is 0 Å². The summed E-state index contributed by atoms with van der Waals surface area (Å²) >= 11 is 0. The molecule has 2 heteroatoms. The zero-order chi connectivity index (χ0) is 40.3. The van der Waals surface area contributed by atoms with Crippen molar-refractivity contribution in [1.29, 1.82) is 0 Å². The summed E-state index contributed by atoms with van der Waals surface area (Å²) in [6, 6.07) is 86.0. The minimum absolute atomic E-state index is 0.535. The highest BCUT2D eigenvalue weighted by molar-refractivity contribution is 6.16. The maximum Gasteiger partial charge on any atom is 0.138 e. The Morgan fingerprint density at radius 2 is 0.869 bits per heavy atom. The summed E-state index contributed by atoms with van der Waals surface area (Å²) in [7, 11) is 0. The molecule has 0 N–H and O–H groups in total. The summed E-state index contributed by atoms with van der Waals surface area (Å²) in [5.74, 6) is 0. The van der Waals surface area contributed by atoms with Crippen molar-refractivity contribution in [2.24, 2.45) is 0 Å². The second-order valence-electron chi connectivity index (χ2n) is 16.0. The van der Waals surface area contributed by atoms with Gasteiger partial charge >= 0.3 is 0 Å². The van der Waals surface area contributed by atoms with Gasteiger partial charge in [-0.2, -0.15) is 0 Å². The second kappa shape index (κ2) is 14.1. The summed E-state index contributed by atoms with van der Waals surface area (Å²) in [4.78, 5) is 2.41. The summed E-state index contributed by atoms with van der Waals surface area (Å²) in [5.41, 5.74) is 16.5. The van der Waals surface area contributed by atoms with Gasteiger partial charge in [0.25, 0.3) is 0 Å². The van der Waals surface area contributed by atoms with Crippen molar-refractivity contribution in [3.8, 4) is 33.4 Å². The van der Waals surface area contributed by atoms with Crippen molar-refractivity contribution in [2.45, 2.75) is 5.41 Å². The Bertz CT molecular complexity index is 3350. The number of rotatable bonds is 7. The highest BCUT2D eigenvalue weighted by atomic mass is 16.3. The second-order valence-corrected chi connectivity index (χ2v) is 16.0. The molecule has 0 amide bonds. The van der Waals surface area contributed by atoms with Gasteiger partial charge in [-0.3, -0.25) is 0 Å². The van der Waals surface area contributed by atoms with Crippen LogP contribution in [0.2, 0.25) is 0 Å². The van der Waals surface area contributed by atoms with Crippen molar-refractivity contribution >= 4 is 49.8 Å². The summed E-state index contributed by atoms with van der Waals surface area (Å²) in [6.07, 6.45) is 0. The molecule has 0 atom stereocenters. The Kier molecular flexibility index (Phi) is 8.11. The van der Waals surface area contributed by atoms with Crippen LogP contribution in [-0.4, -0.2) is 0 Å². The Hall–Kier alpha value is -7.94. The predicted octanol–water partition coefficient (Wildman–Crippen LogP) is 15.9. The third-order valence-electron chi connectivity index (χ3n) is 12.7. The van der Waals surface area contributed by atoms with E-state index in [4.69, 9.17) is 4.42 Å². The van der Waals surface area contributed by atoms with Crippen LogP contribution in [0.15, 0.2) is 241 Å². The first-order valence-electron chi connectivity index (χ1n) is 21.0. The van der Waals surface area contributed by atoms with Gasteiger partial charge in [0.05, 0.1) is 11.1 Å². The Balaban J connectivity index is 1.14. The van der Waals surface area contributed by atoms with E-state index >= 15 is 0 Å². The molecule has 0 bridgehead atoms. The normalized spacial score (nSPS) is 12.7. The number of benzene rings is 10. The van der Waals surface area contributed by atoms with Crippen molar-refractivity contribution in [1.82, 2.24) is 0 Å². The van der Waals surface area contributed by atoms with Gasteiger partial charge in [0.15, 0.2) is 0 Å². The molecule has 1 aliphatic rings. The van der Waals surface area contributed by atoms with Crippen molar-refractivity contribution < 1.29 is 4.42 Å². The average molecular weight is 778 g/mol. The van der Waals surface area contributed by atoms with Gasteiger partial charge in [-0.1, -0.05) is 188 Å². The Morgan fingerprint density at radius 1 is 0.328 bits per heavy atom. The fourth-order valence-electron chi connectivity index (χ4n) is 10.0. The van der Waals surface area contributed by atoms with Crippen LogP contribution in [0.4, 0.5) is 17.1 Å². The summed E-state index contributed by atoms with van der Waals surface area (Å²) in [6.45, 7) is 0. The van der Waals surface area contributed by atoms with Crippen LogP contribution in [0.25, 0.3) is 66.1 Å². The van der Waals surface area contributed by atoms with E-state index in [-0.39, 0.29) is 0 Å². The zero-order valence-corrected chi connectivity index (χ0v) is 33.4. The lowest BCUT2D eigenvalue weighted by Crippen LogP contribution is -2.28. The first-order chi connectivity index (χ1) is 30.2. The van der Waals surface area contributed by atoms with Crippen LogP contribution in [0, 0.1) is 0 Å². The van der Waals surface area contributed by atoms with Crippen LogP contribution >= 0.6 is 0 Å². The molecule has 0 radical (unpaired) electrons. The summed E-state index contributed by atoms with van der Waals surface area (Å²) < 4.78 is 6.90. The maximum absolute atomic E-state index is 6.90. The molecular formula is C59H39NO. The zero-order valence-electron chi connectivity index (χ0n) is 33.4. The number of anilines is 3. The van der Waals surface area contributed by atoms with E-state index in [1.165, 1.54) is 49.9 Å². The highest BCUT2D eigenvalue weighted by Gasteiger charge is 2.46. The molecule has 0 saturated heterocycles. The molecule has 0 unspecified atom stereocenters. The van der Waals surface area contributed by atoms with E-state index in [0.717, 1.165) is 55.5 Å². The molecule has 2 nitrogen and oxygen atoms in total. The van der Waals surface area contributed by atoms with E-state index in [2.05, 4.69) is 241 Å². The van der Waals surface area contributed by atoms with Crippen LogP contribution in [0.1, 0.15) is 22.3 Å². The fraction of sp³-hybridized carbons (Fsp3) is 0.0169. The van der Waals surface area contributed by atoms with Gasteiger partial charge < -0.3 is 9.32 Å². The van der Waals surface area contributed by atoms with Gasteiger partial charge in [0.1, 0.15) is 11.2 Å². The monoisotopic (exact) mass is 777 g/mol. The SMILES string of the molecule is c1ccc(-c2ccc(N(c3ccc4c(c3)C(c3ccccc3)(c3ccccc3)c3ccccc3-4)c3cc(-c4ccccc4)c4c(c3)oc3cc5ccccc5cc34)cc2)cc1. The smallest absolute Gasteiger partial charge is 0.138 e. The van der Waals surface area contributed by atoms with E-state index in [9.17, 15) is 0 Å². The molecule has 0 aliphatic heterocycles. The van der Waals surface area contributed by atoms with E-state index in [1.807, 2.05) is 0 Å². The van der Waals surface area contributed by atoms with Gasteiger partial charge in [0, 0.05) is 28.2 Å². The Morgan fingerprint density at radius 3 is 1.56 bits per heavy atom. The molecule has 1 aromatic heterocycles. The standard InChI is InChI=1S/C59H39NO/c1-5-17-40(18-6-1)41-29-31-47(32-30-41)60(49-37-52(42-19-7-2-8-20-42)58-53-35-43-21-13-14-22-44(43)36-56(53)61-57(58)39-49)48-33-34-51-50-27-15-16-28-54(50)59(55(51)38-48,45-23-9-3-10-24-45)46-25-11-4-12-26-46/h1-39H. The Labute approximate surface area is 355 Å². The number of furan rings is 1. The van der Waals surface area contributed by atoms with Crippen molar-refractivity contribution in [3.63, 3.8) is 0 Å². The molecular weight excluding hydrogens is 739 g/mol. The van der Waals surface area contributed by atoms with Gasteiger partial charge in [-0.05, 0) is 109 Å². The highest BCUT2D eigenvalue weighted by Crippen LogP contribution is 2.57. The molecule has 1 aliphatic carbocycles. The molecule has 61 heavy (non-hydrogen) atoms. The fourth-order valence-corrected chi connectivity index (χ4v) is 10.0. The van der Waals surface area contributed by atoms with Crippen molar-refractivity contribution in [3.05, 3.63) is 259 Å². The number of hydrogen-bond donors (Lipinski definition) is 0. The minimum Gasteiger partial charge on any atom is -0.456 e. The van der Waals surface area contributed by atoms with Crippen molar-refractivity contribution in [2.75, 3.05) is 4.90 Å². The topological polar surface area (TPSA) is 16.4 Å². The first-order valence-corrected chi connectivity index (χ1v) is 21.0. The van der Waals surface area contributed by atoms with Crippen LogP contribution in [0.5, 0.6) is 0 Å². The lowest BCUT2D eigenvalue weighted by atomic mass is 9.67. The lowest BCUT2D eigenvalue weighted by molar-refractivity contribution is 0.669. The molecule has 1 heterocycles. The average Bonchev–Trinajstić information content (AvgIpc) is 3.84. The molecule has 12 rings (SSSR count). The maximum atomic E-state index is 6.90. The largest absolute Gasteiger partial charge is 0.456 e. The minimum atomic E-state index is -0.535. The predicted molar refractivity (Wildman–Crippen MR) is 254 cm³/mol. The first kappa shape index (κ1) is 35.0. The van der Waals surface area contributed by atoms with Gasteiger partial charge in [-0.25, -0.2) is 0 Å². The van der Waals surface area contributed by atoms with Gasteiger partial charge in [0.2, 0.25) is 0 Å². The molecule has 286 valence electrons. The van der Waals surface area contributed by atoms with E-state index < -0.39 is 5.41 Å². The molecule has 0 spiro atoms. The molecule has 11 aromatic rings. The summed E-state index contributed by atoms with van der Waals surface area (Å²) in [5, 5.41) is 4.59. The third kappa shape index (κ3) is 5.57. The van der Waals surface area contributed by atoms with Gasteiger partial charge in [-0.15, -0.1) is 0 Å². The lowest BCUT2D eigenvalue weighted by Gasteiger charge is -2.35. The van der Waals surface area contributed by atoms with E-state index in [1.54, 1.807) is 0 Å². The molecule has 0 fully saturated rings. The number of hydrogen-bond acceptors (Lipinski definition) is 2. The van der Waals surface area contributed by atoms with Crippen LogP contribution in [-0.2, 0) is 5.41 Å². The quantitative estimate of drug-likeness (QED) is 0.160. The number of fused-ring (bicyclic) bond motifs is 7. The van der Waals surface area contributed by atoms with E-state index in [0.29, 0.717) is 0 Å². The number of nitrogens with zero attached hydrogens (tertiary/aromatic N) is 1. The molecule has 10 aromatic carbocycles. The molecule has 0 saturated carbocycles.